The van der Waals surface area contributed by atoms with Crippen LogP contribution in [0, 0.1) is 5.82 Å². The van der Waals surface area contributed by atoms with Crippen LogP contribution in [0.5, 0.6) is 0 Å². The second kappa shape index (κ2) is 7.51. The van der Waals surface area contributed by atoms with E-state index in [0.717, 1.165) is 4.90 Å². The minimum Gasteiger partial charge on any atom is -0.399 e. The van der Waals surface area contributed by atoms with Crippen LogP contribution in [-0.2, 0) is 4.79 Å². The van der Waals surface area contributed by atoms with Crippen LogP contribution in [0.4, 0.5) is 15.8 Å². The quantitative estimate of drug-likeness (QED) is 0.620. The maximum absolute atomic E-state index is 13.1. The van der Waals surface area contributed by atoms with Gasteiger partial charge in [-0.25, -0.2) is 4.39 Å². The summed E-state index contributed by atoms with van der Waals surface area (Å²) in [6, 6.07) is 11.5. The average Bonchev–Trinajstić information content (AvgIpc) is 2.50. The van der Waals surface area contributed by atoms with E-state index < -0.39 is 5.82 Å². The summed E-state index contributed by atoms with van der Waals surface area (Å²) in [4.78, 5) is 13.3. The van der Waals surface area contributed by atoms with Gasteiger partial charge in [0.2, 0.25) is 5.91 Å². The summed E-state index contributed by atoms with van der Waals surface area (Å²) in [6.07, 6.45) is 0.663. The van der Waals surface area contributed by atoms with Gasteiger partial charge in [-0.15, -0.1) is 11.8 Å². The average molecular weight is 339 g/mol. The van der Waals surface area contributed by atoms with E-state index in [-0.39, 0.29) is 16.2 Å². The van der Waals surface area contributed by atoms with Crippen LogP contribution in [0.1, 0.15) is 13.3 Å². The number of hydrogen-bond donors (Lipinski definition) is 2. The smallest absolute Gasteiger partial charge is 0.237 e. The Labute approximate surface area is 138 Å². The van der Waals surface area contributed by atoms with Gasteiger partial charge in [0.1, 0.15) is 5.82 Å². The molecule has 0 aliphatic heterocycles. The normalized spacial score (nSPS) is 12.0. The van der Waals surface area contributed by atoms with Crippen LogP contribution in [0.2, 0.25) is 5.02 Å². The molecule has 0 radical (unpaired) electrons. The summed E-state index contributed by atoms with van der Waals surface area (Å²) in [7, 11) is 0. The fourth-order valence-corrected chi connectivity index (χ4v) is 2.96. The zero-order valence-electron chi connectivity index (χ0n) is 12.0. The predicted octanol–water partition coefficient (Wildman–Crippen LogP) is 4.57. The maximum Gasteiger partial charge on any atom is 0.237 e. The molecule has 1 unspecified atom stereocenters. The zero-order chi connectivity index (χ0) is 16.1. The minimum absolute atomic E-state index is 0.0166. The molecule has 0 aromatic heterocycles. The summed E-state index contributed by atoms with van der Waals surface area (Å²) in [6.45, 7) is 1.94. The Morgan fingerprint density at radius 2 is 2.00 bits per heavy atom. The van der Waals surface area contributed by atoms with Crippen LogP contribution < -0.4 is 11.1 Å². The number of nitrogen functional groups attached to an aromatic ring is 1. The van der Waals surface area contributed by atoms with E-state index in [1.54, 1.807) is 12.1 Å². The molecule has 2 rings (SSSR count). The van der Waals surface area contributed by atoms with Crippen molar-refractivity contribution in [2.24, 2.45) is 0 Å². The highest BCUT2D eigenvalue weighted by Crippen LogP contribution is 2.27. The van der Waals surface area contributed by atoms with Crippen molar-refractivity contribution in [2.75, 3.05) is 11.1 Å². The Morgan fingerprint density at radius 3 is 2.59 bits per heavy atom. The largest absolute Gasteiger partial charge is 0.399 e. The molecule has 1 amide bonds. The molecule has 0 bridgehead atoms. The lowest BCUT2D eigenvalue weighted by Gasteiger charge is -2.15. The third-order valence-electron chi connectivity index (χ3n) is 3.01. The molecule has 1 atom stereocenters. The van der Waals surface area contributed by atoms with Crippen molar-refractivity contribution in [3.8, 4) is 0 Å². The first-order valence-electron chi connectivity index (χ1n) is 6.77. The van der Waals surface area contributed by atoms with Gasteiger partial charge in [0.05, 0.1) is 10.3 Å². The highest BCUT2D eigenvalue weighted by Gasteiger charge is 2.18. The van der Waals surface area contributed by atoms with Crippen LogP contribution >= 0.6 is 23.4 Å². The van der Waals surface area contributed by atoms with Crippen LogP contribution in [0.15, 0.2) is 47.4 Å². The number of benzene rings is 2. The first kappa shape index (κ1) is 16.6. The molecule has 0 aliphatic rings. The number of rotatable bonds is 5. The minimum atomic E-state index is -0.511. The second-order valence-corrected chi connectivity index (χ2v) is 6.39. The van der Waals surface area contributed by atoms with Crippen molar-refractivity contribution in [1.82, 2.24) is 0 Å². The van der Waals surface area contributed by atoms with Crippen molar-refractivity contribution >= 4 is 40.6 Å². The Hall–Kier alpha value is -1.72. The van der Waals surface area contributed by atoms with E-state index >= 15 is 0 Å². The van der Waals surface area contributed by atoms with Crippen molar-refractivity contribution < 1.29 is 9.18 Å². The number of hydrogen-bond acceptors (Lipinski definition) is 3. The molecule has 0 heterocycles. The van der Waals surface area contributed by atoms with Gasteiger partial charge in [-0.05, 0) is 48.9 Å². The lowest BCUT2D eigenvalue weighted by atomic mass is 10.2. The molecule has 0 saturated heterocycles. The van der Waals surface area contributed by atoms with Crippen molar-refractivity contribution in [3.63, 3.8) is 0 Å². The number of nitrogens with one attached hydrogen (secondary N) is 1. The highest BCUT2D eigenvalue weighted by atomic mass is 35.5. The van der Waals surface area contributed by atoms with Crippen molar-refractivity contribution in [1.29, 1.82) is 0 Å². The molecule has 22 heavy (non-hydrogen) atoms. The lowest BCUT2D eigenvalue weighted by molar-refractivity contribution is -0.115. The monoisotopic (exact) mass is 338 g/mol. The van der Waals surface area contributed by atoms with Gasteiger partial charge in [-0.3, -0.25) is 4.79 Å². The van der Waals surface area contributed by atoms with Gasteiger partial charge in [0.25, 0.3) is 0 Å². The summed E-state index contributed by atoms with van der Waals surface area (Å²) in [5.41, 5.74) is 6.81. The van der Waals surface area contributed by atoms with Gasteiger partial charge in [0.15, 0.2) is 0 Å². The van der Waals surface area contributed by atoms with Crippen molar-refractivity contribution in [2.45, 2.75) is 23.5 Å². The van der Waals surface area contributed by atoms with E-state index in [4.69, 9.17) is 17.3 Å². The van der Waals surface area contributed by atoms with E-state index in [9.17, 15) is 9.18 Å². The van der Waals surface area contributed by atoms with Gasteiger partial charge in [-0.1, -0.05) is 18.5 Å². The van der Waals surface area contributed by atoms with Crippen LogP contribution in [-0.4, -0.2) is 11.2 Å². The van der Waals surface area contributed by atoms with E-state index in [1.807, 2.05) is 19.1 Å². The standard InChI is InChI=1S/C16H16ClFN2OS/c1-2-15(22-12-6-3-10(19)4-7-12)16(21)20-11-5-8-14(18)13(17)9-11/h3-9,15H,2,19H2,1H3,(H,20,21). The Bertz CT molecular complexity index is 664. The first-order chi connectivity index (χ1) is 10.5. The van der Waals surface area contributed by atoms with E-state index in [0.29, 0.717) is 17.8 Å². The van der Waals surface area contributed by atoms with Crippen molar-refractivity contribution in [3.05, 3.63) is 53.3 Å². The number of nitrogens with two attached hydrogens (primary N) is 1. The molecule has 6 heteroatoms. The predicted molar refractivity (Wildman–Crippen MR) is 90.8 cm³/mol. The first-order valence-corrected chi connectivity index (χ1v) is 8.03. The molecule has 0 fully saturated rings. The number of thioether (sulfide) groups is 1. The molecule has 3 N–H and O–H groups in total. The Kier molecular flexibility index (Phi) is 5.69. The number of halogens is 2. The molecule has 116 valence electrons. The Balaban J connectivity index is 2.04. The molecule has 3 nitrogen and oxygen atoms in total. The molecule has 0 saturated carbocycles. The molecule has 0 spiro atoms. The zero-order valence-corrected chi connectivity index (χ0v) is 13.5. The maximum atomic E-state index is 13.1. The number of amides is 1. The summed E-state index contributed by atoms with van der Waals surface area (Å²) in [5.74, 6) is -0.657. The highest BCUT2D eigenvalue weighted by molar-refractivity contribution is 8.00. The topological polar surface area (TPSA) is 55.1 Å². The SMILES string of the molecule is CCC(Sc1ccc(N)cc1)C(=O)Nc1ccc(F)c(Cl)c1. The molecule has 2 aromatic rings. The third-order valence-corrected chi connectivity index (χ3v) is 4.67. The van der Waals surface area contributed by atoms with Crippen LogP contribution in [0.25, 0.3) is 0 Å². The molecule has 0 aliphatic carbocycles. The summed E-state index contributed by atoms with van der Waals surface area (Å²) >= 11 is 7.17. The molecular formula is C16H16ClFN2OS. The fourth-order valence-electron chi connectivity index (χ4n) is 1.83. The van der Waals surface area contributed by atoms with Gasteiger partial charge in [0, 0.05) is 16.3 Å². The summed E-state index contributed by atoms with van der Waals surface area (Å²) in [5, 5.41) is 2.48. The fraction of sp³-hybridized carbons (Fsp3) is 0.188. The Morgan fingerprint density at radius 1 is 1.32 bits per heavy atom. The van der Waals surface area contributed by atoms with Gasteiger partial charge in [-0.2, -0.15) is 0 Å². The van der Waals surface area contributed by atoms with E-state index in [2.05, 4.69) is 5.32 Å². The second-order valence-electron chi connectivity index (χ2n) is 4.70. The van der Waals surface area contributed by atoms with Crippen LogP contribution in [0.3, 0.4) is 0 Å². The number of carbonyl (C=O) groups excluding carboxylic acids is 1. The molecular weight excluding hydrogens is 323 g/mol. The van der Waals surface area contributed by atoms with Gasteiger partial charge < -0.3 is 11.1 Å². The van der Waals surface area contributed by atoms with Gasteiger partial charge >= 0.3 is 0 Å². The molecule has 2 aromatic carbocycles. The lowest BCUT2D eigenvalue weighted by Crippen LogP contribution is -2.24. The number of anilines is 2. The third kappa shape index (κ3) is 4.39. The van der Waals surface area contributed by atoms with E-state index in [1.165, 1.54) is 30.0 Å². The number of carbonyl (C=O) groups is 1. The summed E-state index contributed by atoms with van der Waals surface area (Å²) < 4.78 is 13.1.